The molecule has 0 bridgehead atoms. The third kappa shape index (κ3) is 5.83. The van der Waals surface area contributed by atoms with E-state index < -0.39 is 11.7 Å². The van der Waals surface area contributed by atoms with Gasteiger partial charge in [0.15, 0.2) is 0 Å². The Labute approximate surface area is 175 Å². The van der Waals surface area contributed by atoms with Gasteiger partial charge in [0.2, 0.25) is 0 Å². The maximum absolute atomic E-state index is 12.8. The number of ether oxygens (including phenoxy) is 1. The van der Waals surface area contributed by atoms with Crippen LogP contribution in [0.2, 0.25) is 0 Å². The van der Waals surface area contributed by atoms with E-state index in [9.17, 15) is 18.0 Å². The number of hydrogen-bond donors (Lipinski definition) is 1. The molecule has 1 atom stereocenters. The van der Waals surface area contributed by atoms with Crippen LogP contribution in [0.1, 0.15) is 29.8 Å². The SMILES string of the molecule is CC(C)CN1CCOC(CNC(=O)c2ccccc2-c2ccc(C(F)(F)F)cc2)C1. The Kier molecular flexibility index (Phi) is 7.15. The summed E-state index contributed by atoms with van der Waals surface area (Å²) >= 11 is 0. The zero-order valence-corrected chi connectivity index (χ0v) is 17.2. The quantitative estimate of drug-likeness (QED) is 0.750. The zero-order chi connectivity index (χ0) is 21.7. The van der Waals surface area contributed by atoms with Crippen LogP contribution in [0.15, 0.2) is 48.5 Å². The van der Waals surface area contributed by atoms with Crippen LogP contribution in [0.4, 0.5) is 13.2 Å². The van der Waals surface area contributed by atoms with Crippen LogP contribution < -0.4 is 5.32 Å². The van der Waals surface area contributed by atoms with E-state index in [4.69, 9.17) is 4.74 Å². The Morgan fingerprint density at radius 2 is 1.87 bits per heavy atom. The van der Waals surface area contributed by atoms with Crippen molar-refractivity contribution >= 4 is 5.91 Å². The van der Waals surface area contributed by atoms with Gasteiger partial charge in [0.05, 0.1) is 18.3 Å². The molecule has 1 unspecified atom stereocenters. The number of nitrogens with one attached hydrogen (secondary N) is 1. The molecule has 1 fully saturated rings. The van der Waals surface area contributed by atoms with Crippen LogP contribution in [0.3, 0.4) is 0 Å². The van der Waals surface area contributed by atoms with Gasteiger partial charge in [0, 0.05) is 31.7 Å². The Morgan fingerprint density at radius 1 is 1.17 bits per heavy atom. The molecule has 1 amide bonds. The number of carbonyl (C=O) groups excluding carboxylic acids is 1. The number of morpholine rings is 1. The molecule has 1 aliphatic rings. The summed E-state index contributed by atoms with van der Waals surface area (Å²) in [5.41, 5.74) is 0.862. The van der Waals surface area contributed by atoms with Gasteiger partial charge in [0.1, 0.15) is 0 Å². The number of nitrogens with zero attached hydrogens (tertiary/aromatic N) is 1. The van der Waals surface area contributed by atoms with Gasteiger partial charge in [-0.05, 0) is 35.2 Å². The summed E-state index contributed by atoms with van der Waals surface area (Å²) in [4.78, 5) is 15.1. The third-order valence-corrected chi connectivity index (χ3v) is 5.03. The highest BCUT2D eigenvalue weighted by Crippen LogP contribution is 2.31. The number of benzene rings is 2. The topological polar surface area (TPSA) is 41.6 Å². The van der Waals surface area contributed by atoms with Gasteiger partial charge in [0.25, 0.3) is 5.91 Å². The van der Waals surface area contributed by atoms with Crippen LogP contribution in [-0.2, 0) is 10.9 Å². The number of amides is 1. The minimum Gasteiger partial charge on any atom is -0.374 e. The Bertz CT molecular complexity index is 850. The van der Waals surface area contributed by atoms with Crippen molar-refractivity contribution in [3.8, 4) is 11.1 Å². The van der Waals surface area contributed by atoms with Crippen LogP contribution in [-0.4, -0.2) is 49.7 Å². The first-order chi connectivity index (χ1) is 14.2. The standard InChI is InChI=1S/C23H27F3N2O2/c1-16(2)14-28-11-12-30-19(15-28)13-27-22(29)21-6-4-3-5-20(21)17-7-9-18(10-8-17)23(24,25)26/h3-10,16,19H,11-15H2,1-2H3,(H,27,29). The summed E-state index contributed by atoms with van der Waals surface area (Å²) in [7, 11) is 0. The molecule has 2 aromatic carbocycles. The molecule has 0 saturated carbocycles. The summed E-state index contributed by atoms with van der Waals surface area (Å²) in [5, 5.41) is 2.92. The summed E-state index contributed by atoms with van der Waals surface area (Å²) < 4.78 is 44.2. The van der Waals surface area contributed by atoms with Crippen molar-refractivity contribution in [1.82, 2.24) is 10.2 Å². The first-order valence-electron chi connectivity index (χ1n) is 10.1. The molecule has 1 aliphatic heterocycles. The molecule has 0 aliphatic carbocycles. The van der Waals surface area contributed by atoms with E-state index in [1.54, 1.807) is 24.3 Å². The number of carbonyl (C=O) groups is 1. The molecule has 1 heterocycles. The highest BCUT2D eigenvalue weighted by atomic mass is 19.4. The average Bonchev–Trinajstić information content (AvgIpc) is 2.71. The molecule has 3 rings (SSSR count). The van der Waals surface area contributed by atoms with E-state index in [1.807, 2.05) is 0 Å². The molecule has 0 aromatic heterocycles. The van der Waals surface area contributed by atoms with E-state index in [1.165, 1.54) is 12.1 Å². The number of halogens is 3. The van der Waals surface area contributed by atoms with Gasteiger partial charge in [-0.15, -0.1) is 0 Å². The maximum atomic E-state index is 12.8. The van der Waals surface area contributed by atoms with Crippen molar-refractivity contribution in [2.75, 3.05) is 32.8 Å². The molecule has 2 aromatic rings. The van der Waals surface area contributed by atoms with Gasteiger partial charge >= 0.3 is 6.18 Å². The molecule has 30 heavy (non-hydrogen) atoms. The van der Waals surface area contributed by atoms with Crippen molar-refractivity contribution in [2.24, 2.45) is 5.92 Å². The largest absolute Gasteiger partial charge is 0.416 e. The van der Waals surface area contributed by atoms with Crippen molar-refractivity contribution in [2.45, 2.75) is 26.1 Å². The lowest BCUT2D eigenvalue weighted by molar-refractivity contribution is -0.137. The molecule has 1 N–H and O–H groups in total. The highest BCUT2D eigenvalue weighted by molar-refractivity contribution is 6.00. The summed E-state index contributed by atoms with van der Waals surface area (Å²) in [6.45, 7) is 8.00. The number of hydrogen-bond acceptors (Lipinski definition) is 3. The smallest absolute Gasteiger partial charge is 0.374 e. The predicted molar refractivity (Wildman–Crippen MR) is 110 cm³/mol. The molecule has 1 saturated heterocycles. The van der Waals surface area contributed by atoms with Crippen LogP contribution in [0.25, 0.3) is 11.1 Å². The van der Waals surface area contributed by atoms with Gasteiger partial charge in [-0.25, -0.2) is 0 Å². The highest BCUT2D eigenvalue weighted by Gasteiger charge is 2.30. The number of alkyl halides is 3. The van der Waals surface area contributed by atoms with Crippen LogP contribution in [0, 0.1) is 5.92 Å². The Hall–Kier alpha value is -2.38. The zero-order valence-electron chi connectivity index (χ0n) is 17.2. The monoisotopic (exact) mass is 420 g/mol. The summed E-state index contributed by atoms with van der Waals surface area (Å²) in [5.74, 6) is 0.295. The predicted octanol–water partition coefficient (Wildman–Crippen LogP) is 4.46. The molecule has 7 heteroatoms. The lowest BCUT2D eigenvalue weighted by Gasteiger charge is -2.34. The fourth-order valence-corrected chi connectivity index (χ4v) is 3.66. The van der Waals surface area contributed by atoms with Crippen molar-refractivity contribution < 1.29 is 22.7 Å². The normalized spacial score (nSPS) is 17.9. The van der Waals surface area contributed by atoms with Gasteiger partial charge < -0.3 is 10.1 Å². The van der Waals surface area contributed by atoms with Crippen molar-refractivity contribution in [3.63, 3.8) is 0 Å². The van der Waals surface area contributed by atoms with E-state index >= 15 is 0 Å². The minimum atomic E-state index is -4.39. The van der Waals surface area contributed by atoms with Crippen LogP contribution in [0.5, 0.6) is 0 Å². The van der Waals surface area contributed by atoms with Gasteiger partial charge in [-0.2, -0.15) is 13.2 Å². The lowest BCUT2D eigenvalue weighted by atomic mass is 9.98. The number of rotatable bonds is 6. The second-order valence-electron chi connectivity index (χ2n) is 7.98. The Balaban J connectivity index is 1.67. The Morgan fingerprint density at radius 3 is 2.53 bits per heavy atom. The van der Waals surface area contributed by atoms with Crippen LogP contribution >= 0.6 is 0 Å². The van der Waals surface area contributed by atoms with Crippen molar-refractivity contribution in [1.29, 1.82) is 0 Å². The molecule has 0 spiro atoms. The molecular formula is C23H27F3N2O2. The minimum absolute atomic E-state index is 0.0836. The summed E-state index contributed by atoms with van der Waals surface area (Å²) in [6, 6.07) is 11.8. The molecule has 162 valence electrons. The van der Waals surface area contributed by atoms with Gasteiger partial charge in [-0.3, -0.25) is 9.69 Å². The fraction of sp³-hybridized carbons (Fsp3) is 0.435. The maximum Gasteiger partial charge on any atom is 0.416 e. The van der Waals surface area contributed by atoms with E-state index in [0.717, 1.165) is 31.8 Å². The first-order valence-corrected chi connectivity index (χ1v) is 10.1. The molecule has 4 nitrogen and oxygen atoms in total. The second-order valence-corrected chi connectivity index (χ2v) is 7.98. The third-order valence-electron chi connectivity index (χ3n) is 5.03. The lowest BCUT2D eigenvalue weighted by Crippen LogP contribution is -2.48. The average molecular weight is 420 g/mol. The van der Waals surface area contributed by atoms with Crippen molar-refractivity contribution in [3.05, 3.63) is 59.7 Å². The van der Waals surface area contributed by atoms with Gasteiger partial charge in [-0.1, -0.05) is 44.2 Å². The summed E-state index contributed by atoms with van der Waals surface area (Å²) in [6.07, 6.45) is -4.47. The van der Waals surface area contributed by atoms with E-state index in [0.29, 0.717) is 35.8 Å². The molecule has 0 radical (unpaired) electrons. The fourth-order valence-electron chi connectivity index (χ4n) is 3.66. The second kappa shape index (κ2) is 9.62. The molecular weight excluding hydrogens is 393 g/mol. The first kappa shape index (κ1) is 22.3. The van der Waals surface area contributed by atoms with E-state index in [-0.39, 0.29) is 12.0 Å². The van der Waals surface area contributed by atoms with E-state index in [2.05, 4.69) is 24.1 Å².